The van der Waals surface area contributed by atoms with Gasteiger partial charge in [0.25, 0.3) is 0 Å². The van der Waals surface area contributed by atoms with Gasteiger partial charge in [0.05, 0.1) is 19.8 Å². The summed E-state index contributed by atoms with van der Waals surface area (Å²) in [5.74, 6) is -0.408. The maximum absolute atomic E-state index is 12.9. The number of allylic oxidation sites excluding steroid dienone is 4. The van der Waals surface area contributed by atoms with Crippen LogP contribution in [0.15, 0.2) is 24.3 Å². The fourth-order valence-corrected chi connectivity index (χ4v) is 9.16. The summed E-state index contributed by atoms with van der Waals surface area (Å²) in [6.45, 7) is 4.01. The number of carbonyl (C=O) groups excluding carboxylic acids is 1. The van der Waals surface area contributed by atoms with Crippen LogP contribution in [0.5, 0.6) is 0 Å². The molecule has 13 heteroatoms. The first-order chi connectivity index (χ1) is 32.6. The molecule has 0 amide bonds. The van der Waals surface area contributed by atoms with Crippen LogP contribution < -0.4 is 0 Å². The molecule has 0 aliphatic carbocycles. The highest BCUT2D eigenvalue weighted by molar-refractivity contribution is 7.80. The Morgan fingerprint density at radius 1 is 0.567 bits per heavy atom. The second-order valence-electron chi connectivity index (χ2n) is 19.2. The van der Waals surface area contributed by atoms with Crippen molar-refractivity contribution in [3.8, 4) is 0 Å². The summed E-state index contributed by atoms with van der Waals surface area (Å²) < 4.78 is 59.3. The summed E-state index contributed by atoms with van der Waals surface area (Å²) >= 11 is 0. The van der Waals surface area contributed by atoms with E-state index in [9.17, 15) is 33.1 Å². The zero-order valence-electron chi connectivity index (χ0n) is 42.7. The monoisotopic (exact) mass is 975 g/mol. The van der Waals surface area contributed by atoms with E-state index in [4.69, 9.17) is 18.9 Å². The highest BCUT2D eigenvalue weighted by Gasteiger charge is 2.48. The lowest BCUT2D eigenvalue weighted by Gasteiger charge is -2.41. The van der Waals surface area contributed by atoms with Gasteiger partial charge in [-0.1, -0.05) is 224 Å². The van der Waals surface area contributed by atoms with Crippen LogP contribution in [0.4, 0.5) is 0 Å². The van der Waals surface area contributed by atoms with Crippen LogP contribution in [0, 0.1) is 0 Å². The molecule has 67 heavy (non-hydrogen) atoms. The van der Waals surface area contributed by atoms with Crippen molar-refractivity contribution in [2.24, 2.45) is 0 Å². The first kappa shape index (κ1) is 63.6. The van der Waals surface area contributed by atoms with Gasteiger partial charge in [-0.2, -0.15) is 8.42 Å². The van der Waals surface area contributed by atoms with Gasteiger partial charge in [-0.25, -0.2) is 4.18 Å². The number of rotatable bonds is 49. The molecule has 396 valence electrons. The predicted octanol–water partition coefficient (Wildman–Crippen LogP) is 13.1. The number of esters is 1. The molecule has 6 unspecified atom stereocenters. The Hall–Kier alpha value is -1.42. The molecule has 1 rings (SSSR count). The molecule has 0 aromatic rings. The van der Waals surface area contributed by atoms with Gasteiger partial charge in [-0.3, -0.25) is 9.35 Å². The number of carbonyl (C=O) groups is 1. The number of hydrogen-bond donors (Lipinski definition) is 4. The van der Waals surface area contributed by atoms with E-state index in [2.05, 4.69) is 42.3 Å². The van der Waals surface area contributed by atoms with Gasteiger partial charge < -0.3 is 34.3 Å². The van der Waals surface area contributed by atoms with Crippen molar-refractivity contribution in [2.45, 2.75) is 288 Å². The van der Waals surface area contributed by atoms with Crippen LogP contribution in [0.3, 0.4) is 0 Å². The third-order valence-corrected chi connectivity index (χ3v) is 13.3. The maximum atomic E-state index is 12.9. The minimum atomic E-state index is -5.07. The van der Waals surface area contributed by atoms with Crippen LogP contribution in [0.2, 0.25) is 0 Å². The van der Waals surface area contributed by atoms with Crippen LogP contribution in [0.1, 0.15) is 251 Å². The Labute approximate surface area is 410 Å². The lowest BCUT2D eigenvalue weighted by Crippen LogP contribution is -2.60. The van der Waals surface area contributed by atoms with E-state index in [0.29, 0.717) is 13.0 Å². The third-order valence-electron chi connectivity index (χ3n) is 12.8. The molecule has 4 N–H and O–H groups in total. The molecule has 1 aliphatic rings. The number of aliphatic hydroxyl groups is 3. The zero-order chi connectivity index (χ0) is 48.9. The first-order valence-corrected chi connectivity index (χ1v) is 29.0. The minimum absolute atomic E-state index is 0.0349. The van der Waals surface area contributed by atoms with Gasteiger partial charge in [0.2, 0.25) is 0 Å². The summed E-state index contributed by atoms with van der Waals surface area (Å²) in [6.07, 6.45) is 45.1. The van der Waals surface area contributed by atoms with Crippen molar-refractivity contribution in [1.29, 1.82) is 0 Å². The smallest absolute Gasteiger partial charge is 0.397 e. The van der Waals surface area contributed by atoms with E-state index >= 15 is 0 Å². The van der Waals surface area contributed by atoms with Crippen molar-refractivity contribution in [3.05, 3.63) is 24.3 Å². The first-order valence-electron chi connectivity index (χ1n) is 27.6. The Bertz CT molecular complexity index is 1260. The van der Waals surface area contributed by atoms with Crippen molar-refractivity contribution in [3.63, 3.8) is 0 Å². The van der Waals surface area contributed by atoms with E-state index < -0.39 is 59.8 Å². The Balaban J connectivity index is 2.29. The molecule has 1 aliphatic heterocycles. The number of hydrogen-bond acceptors (Lipinski definition) is 11. The van der Waals surface area contributed by atoms with E-state index in [-0.39, 0.29) is 19.6 Å². The fraction of sp³-hybridized carbons (Fsp3) is 0.907. The summed E-state index contributed by atoms with van der Waals surface area (Å²) in [7, 11) is -5.07. The Kier molecular flexibility index (Phi) is 43.4. The Morgan fingerprint density at radius 2 is 0.985 bits per heavy atom. The standard InChI is InChI=1S/C54H102O12S/c1-3-5-7-9-11-13-15-17-19-21-22-23-24-25-26-27-28-30-32-34-36-38-40-42-44-62-46-48(47-63-54-52(58)53(66-67(59,60)61)51(57)49(45-55)65-54)64-50(56)43-41-39-37-35-33-31-29-20-18-16-14-12-10-8-6-4-2/h14,16,20,29,48-49,51-55,57-58H,3-13,15,17-19,21-28,30-47H2,1-2H3,(H,59,60,61)/b16-14-,29-20-. The van der Waals surface area contributed by atoms with E-state index in [1.807, 2.05) is 0 Å². The molecule has 0 aromatic carbocycles. The second kappa shape index (κ2) is 45.7. The Morgan fingerprint density at radius 3 is 1.43 bits per heavy atom. The molecule has 0 bridgehead atoms. The van der Waals surface area contributed by atoms with E-state index in [0.717, 1.165) is 57.8 Å². The molecule has 12 nitrogen and oxygen atoms in total. The van der Waals surface area contributed by atoms with Crippen molar-refractivity contribution in [2.75, 3.05) is 26.4 Å². The SMILES string of the molecule is CCCCCC/C=C\C/C=C\CCCCCCCC(=O)OC(COCCCCCCCCCCCCCCCCCCCCCCCCCC)COC1OC(CO)C(O)C(OS(=O)(=O)O)C1O. The minimum Gasteiger partial charge on any atom is -0.457 e. The summed E-state index contributed by atoms with van der Waals surface area (Å²) in [5.41, 5.74) is 0. The molecular formula is C54H102O12S. The molecule has 6 atom stereocenters. The van der Waals surface area contributed by atoms with Gasteiger partial charge in [0.1, 0.15) is 30.5 Å². The van der Waals surface area contributed by atoms with Crippen LogP contribution in [0.25, 0.3) is 0 Å². The van der Waals surface area contributed by atoms with Gasteiger partial charge in [0.15, 0.2) is 6.29 Å². The van der Waals surface area contributed by atoms with E-state index in [1.54, 1.807) is 0 Å². The molecule has 0 radical (unpaired) electrons. The van der Waals surface area contributed by atoms with Gasteiger partial charge in [-0.05, 0) is 44.9 Å². The number of ether oxygens (including phenoxy) is 4. The van der Waals surface area contributed by atoms with Crippen LogP contribution in [-0.4, -0.2) is 97.5 Å². The highest BCUT2D eigenvalue weighted by Crippen LogP contribution is 2.26. The van der Waals surface area contributed by atoms with E-state index in [1.165, 1.54) is 167 Å². The van der Waals surface area contributed by atoms with Crippen molar-refractivity contribution < 1.29 is 56.2 Å². The fourth-order valence-electron chi connectivity index (χ4n) is 8.65. The van der Waals surface area contributed by atoms with Crippen LogP contribution >= 0.6 is 0 Å². The maximum Gasteiger partial charge on any atom is 0.397 e. The molecule has 0 spiro atoms. The number of unbranched alkanes of at least 4 members (excludes halogenated alkanes) is 32. The quantitative estimate of drug-likeness (QED) is 0.0197. The summed E-state index contributed by atoms with van der Waals surface area (Å²) in [6, 6.07) is 0. The lowest BCUT2D eigenvalue weighted by atomic mass is 9.99. The lowest BCUT2D eigenvalue weighted by molar-refractivity contribution is -0.301. The van der Waals surface area contributed by atoms with Crippen molar-refractivity contribution >= 4 is 16.4 Å². The summed E-state index contributed by atoms with van der Waals surface area (Å²) in [4.78, 5) is 12.9. The van der Waals surface area contributed by atoms with Gasteiger partial charge in [-0.15, -0.1) is 0 Å². The largest absolute Gasteiger partial charge is 0.457 e. The average molecular weight is 975 g/mol. The topological polar surface area (TPSA) is 178 Å². The highest BCUT2D eigenvalue weighted by atomic mass is 32.3. The molecular weight excluding hydrogens is 873 g/mol. The predicted molar refractivity (Wildman–Crippen MR) is 271 cm³/mol. The van der Waals surface area contributed by atoms with Crippen LogP contribution in [-0.2, 0) is 38.3 Å². The molecule has 0 aromatic heterocycles. The normalized spacial score (nSPS) is 19.5. The van der Waals surface area contributed by atoms with Gasteiger partial charge in [0, 0.05) is 13.0 Å². The third kappa shape index (κ3) is 39.0. The molecule has 1 saturated heterocycles. The number of aliphatic hydroxyl groups excluding tert-OH is 3. The summed E-state index contributed by atoms with van der Waals surface area (Å²) in [5, 5.41) is 30.8. The molecule has 1 heterocycles. The molecule has 0 saturated carbocycles. The second-order valence-corrected chi connectivity index (χ2v) is 20.2. The zero-order valence-corrected chi connectivity index (χ0v) is 43.5. The van der Waals surface area contributed by atoms with Gasteiger partial charge >= 0.3 is 16.4 Å². The molecule has 1 fully saturated rings. The van der Waals surface area contributed by atoms with Crippen molar-refractivity contribution in [1.82, 2.24) is 0 Å². The average Bonchev–Trinajstić information content (AvgIpc) is 3.30.